The van der Waals surface area contributed by atoms with E-state index in [2.05, 4.69) is 25.1 Å². The first-order valence-corrected chi connectivity index (χ1v) is 11.1. The number of rotatable bonds is 7. The van der Waals surface area contributed by atoms with Crippen LogP contribution in [0.4, 0.5) is 11.8 Å². The molecule has 0 saturated heterocycles. The van der Waals surface area contributed by atoms with E-state index in [1.807, 2.05) is 32.0 Å². The molecule has 1 aromatic carbocycles. The van der Waals surface area contributed by atoms with Crippen molar-refractivity contribution in [1.29, 1.82) is 0 Å². The minimum absolute atomic E-state index is 0.0184. The Bertz CT molecular complexity index is 1190. The van der Waals surface area contributed by atoms with Crippen molar-refractivity contribution in [2.45, 2.75) is 25.7 Å². The van der Waals surface area contributed by atoms with Crippen LogP contribution in [0.15, 0.2) is 29.2 Å². The molecule has 0 amide bonds. The number of sulfonamides is 1. The molecule has 2 heterocycles. The van der Waals surface area contributed by atoms with E-state index in [1.54, 1.807) is 20.0 Å². The van der Waals surface area contributed by atoms with Crippen LogP contribution in [0.1, 0.15) is 16.8 Å². The van der Waals surface area contributed by atoms with Gasteiger partial charge >= 0.3 is 0 Å². The molecule has 0 radical (unpaired) electrons. The fraction of sp³-hybridized carbons (Fsp3) is 0.316. The van der Waals surface area contributed by atoms with Gasteiger partial charge in [0.1, 0.15) is 15.9 Å². The number of anilines is 2. The SMILES string of the molecule is Cc1cccc(-c2cc(NCCNS(=O)(=O)c3c(C)nn(C)c3Cl)nc(N)n2)c1C. The van der Waals surface area contributed by atoms with Crippen molar-refractivity contribution < 1.29 is 8.42 Å². The Morgan fingerprint density at radius 1 is 1.17 bits per heavy atom. The van der Waals surface area contributed by atoms with Crippen molar-refractivity contribution >= 4 is 33.4 Å². The molecule has 0 unspecified atom stereocenters. The molecule has 0 atom stereocenters. The summed E-state index contributed by atoms with van der Waals surface area (Å²) in [5.41, 5.74) is 10.1. The Morgan fingerprint density at radius 3 is 2.57 bits per heavy atom. The molecule has 3 rings (SSSR count). The average molecular weight is 450 g/mol. The zero-order chi connectivity index (χ0) is 22.1. The standard InChI is InChI=1S/C19H24ClN7O2S/c1-11-6-5-7-14(12(11)2)15-10-16(25-19(21)24-15)22-8-9-23-30(28,29)17-13(3)26-27(4)18(17)20/h5-7,10,23H,8-9H2,1-4H3,(H3,21,22,24,25). The summed E-state index contributed by atoms with van der Waals surface area (Å²) in [7, 11) is -2.20. The highest BCUT2D eigenvalue weighted by Gasteiger charge is 2.24. The second-order valence-corrected chi connectivity index (χ2v) is 8.96. The van der Waals surface area contributed by atoms with Gasteiger partial charge in [0.05, 0.1) is 11.4 Å². The second-order valence-electron chi connectivity index (χ2n) is 6.90. The smallest absolute Gasteiger partial charge is 0.245 e. The minimum atomic E-state index is -3.79. The van der Waals surface area contributed by atoms with E-state index in [1.165, 1.54) is 4.68 Å². The van der Waals surface area contributed by atoms with Crippen LogP contribution in [0.25, 0.3) is 11.3 Å². The third kappa shape index (κ3) is 4.55. The van der Waals surface area contributed by atoms with Gasteiger partial charge in [-0.2, -0.15) is 10.1 Å². The fourth-order valence-corrected chi connectivity index (χ4v) is 4.86. The van der Waals surface area contributed by atoms with E-state index < -0.39 is 10.0 Å². The number of nitrogens with zero attached hydrogens (tertiary/aromatic N) is 4. The quantitative estimate of drug-likeness (QED) is 0.472. The lowest BCUT2D eigenvalue weighted by molar-refractivity contribution is 0.582. The van der Waals surface area contributed by atoms with E-state index in [0.717, 1.165) is 16.7 Å². The third-order valence-electron chi connectivity index (χ3n) is 4.72. The normalized spacial score (nSPS) is 11.6. The van der Waals surface area contributed by atoms with Crippen LogP contribution in [0, 0.1) is 20.8 Å². The summed E-state index contributed by atoms with van der Waals surface area (Å²) in [5, 5.41) is 7.17. The van der Waals surface area contributed by atoms with Gasteiger partial charge in [-0.25, -0.2) is 18.1 Å². The fourth-order valence-electron chi connectivity index (χ4n) is 3.09. The van der Waals surface area contributed by atoms with Gasteiger partial charge in [-0.3, -0.25) is 4.68 Å². The van der Waals surface area contributed by atoms with Crippen molar-refractivity contribution in [1.82, 2.24) is 24.5 Å². The molecule has 0 aliphatic carbocycles. The third-order valence-corrected chi connectivity index (χ3v) is 6.87. The van der Waals surface area contributed by atoms with E-state index in [9.17, 15) is 8.42 Å². The van der Waals surface area contributed by atoms with Crippen molar-refractivity contribution in [2.24, 2.45) is 7.05 Å². The Balaban J connectivity index is 1.70. The predicted molar refractivity (Wildman–Crippen MR) is 118 cm³/mol. The summed E-state index contributed by atoms with van der Waals surface area (Å²) < 4.78 is 28.9. The summed E-state index contributed by atoms with van der Waals surface area (Å²) in [4.78, 5) is 8.49. The van der Waals surface area contributed by atoms with Gasteiger partial charge < -0.3 is 11.1 Å². The lowest BCUT2D eigenvalue weighted by Gasteiger charge is -2.12. The largest absolute Gasteiger partial charge is 0.369 e. The molecular weight excluding hydrogens is 426 g/mol. The van der Waals surface area contributed by atoms with Gasteiger partial charge in [-0.15, -0.1) is 0 Å². The molecule has 160 valence electrons. The minimum Gasteiger partial charge on any atom is -0.369 e. The van der Waals surface area contributed by atoms with E-state index in [0.29, 0.717) is 23.8 Å². The van der Waals surface area contributed by atoms with Crippen molar-refractivity contribution in [2.75, 3.05) is 24.1 Å². The van der Waals surface area contributed by atoms with Crippen LogP contribution in [-0.2, 0) is 17.1 Å². The predicted octanol–water partition coefficient (Wildman–Crippen LogP) is 2.43. The summed E-state index contributed by atoms with van der Waals surface area (Å²) in [6.45, 7) is 6.06. The number of hydrogen-bond donors (Lipinski definition) is 3. The van der Waals surface area contributed by atoms with Gasteiger partial charge in [-0.1, -0.05) is 29.8 Å². The lowest BCUT2D eigenvalue weighted by Crippen LogP contribution is -2.29. The highest BCUT2D eigenvalue weighted by molar-refractivity contribution is 7.89. The molecule has 0 fully saturated rings. The Kier molecular flexibility index (Phi) is 6.30. The maximum absolute atomic E-state index is 12.5. The summed E-state index contributed by atoms with van der Waals surface area (Å²) in [6.07, 6.45) is 0. The molecule has 2 aromatic heterocycles. The summed E-state index contributed by atoms with van der Waals surface area (Å²) >= 11 is 6.06. The molecule has 0 bridgehead atoms. The summed E-state index contributed by atoms with van der Waals surface area (Å²) in [6, 6.07) is 7.75. The molecule has 0 aliphatic rings. The van der Waals surface area contributed by atoms with Crippen LogP contribution < -0.4 is 15.8 Å². The monoisotopic (exact) mass is 449 g/mol. The average Bonchev–Trinajstić information content (AvgIpc) is 2.93. The number of benzene rings is 1. The zero-order valence-electron chi connectivity index (χ0n) is 17.2. The van der Waals surface area contributed by atoms with Crippen LogP contribution in [0.3, 0.4) is 0 Å². The molecular formula is C19H24ClN7O2S. The number of hydrogen-bond acceptors (Lipinski definition) is 7. The first-order chi connectivity index (χ1) is 14.1. The Labute approximate surface area is 180 Å². The van der Waals surface area contributed by atoms with Gasteiger partial charge in [0, 0.05) is 31.8 Å². The van der Waals surface area contributed by atoms with Gasteiger partial charge in [0.15, 0.2) is 0 Å². The first-order valence-electron chi connectivity index (χ1n) is 9.24. The van der Waals surface area contributed by atoms with Gasteiger partial charge in [-0.05, 0) is 31.9 Å². The molecule has 4 N–H and O–H groups in total. The first kappa shape index (κ1) is 22.0. The molecule has 9 nitrogen and oxygen atoms in total. The zero-order valence-corrected chi connectivity index (χ0v) is 18.8. The maximum atomic E-state index is 12.5. The van der Waals surface area contributed by atoms with Gasteiger partial charge in [0.25, 0.3) is 0 Å². The van der Waals surface area contributed by atoms with Crippen LogP contribution >= 0.6 is 11.6 Å². The van der Waals surface area contributed by atoms with Crippen molar-refractivity contribution in [3.63, 3.8) is 0 Å². The lowest BCUT2D eigenvalue weighted by atomic mass is 10.0. The molecule has 0 aliphatic heterocycles. The molecule has 3 aromatic rings. The molecule has 0 spiro atoms. The maximum Gasteiger partial charge on any atom is 0.245 e. The number of aromatic nitrogens is 4. The highest BCUT2D eigenvalue weighted by Crippen LogP contribution is 2.26. The van der Waals surface area contributed by atoms with Crippen molar-refractivity contribution in [3.8, 4) is 11.3 Å². The number of nitrogen functional groups attached to an aromatic ring is 1. The Morgan fingerprint density at radius 2 is 1.90 bits per heavy atom. The van der Waals surface area contributed by atoms with Crippen LogP contribution in [-0.4, -0.2) is 41.3 Å². The highest BCUT2D eigenvalue weighted by atomic mass is 35.5. The van der Waals surface area contributed by atoms with Gasteiger partial charge in [0.2, 0.25) is 16.0 Å². The van der Waals surface area contributed by atoms with Crippen LogP contribution in [0.2, 0.25) is 5.15 Å². The number of halogens is 1. The topological polar surface area (TPSA) is 128 Å². The molecule has 30 heavy (non-hydrogen) atoms. The van der Waals surface area contributed by atoms with Crippen LogP contribution in [0.5, 0.6) is 0 Å². The van der Waals surface area contributed by atoms with E-state index in [-0.39, 0.29) is 22.5 Å². The number of nitrogens with one attached hydrogen (secondary N) is 2. The second kappa shape index (κ2) is 8.58. The van der Waals surface area contributed by atoms with E-state index in [4.69, 9.17) is 17.3 Å². The number of nitrogens with two attached hydrogens (primary N) is 1. The Hall–Kier alpha value is -2.69. The number of aryl methyl sites for hydroxylation is 3. The molecule has 11 heteroatoms. The van der Waals surface area contributed by atoms with E-state index >= 15 is 0 Å². The molecule has 0 saturated carbocycles. The van der Waals surface area contributed by atoms with Crippen molar-refractivity contribution in [3.05, 3.63) is 46.2 Å². The summed E-state index contributed by atoms with van der Waals surface area (Å²) in [5.74, 6) is 0.641.